The Balaban J connectivity index is 1.48. The van der Waals surface area contributed by atoms with Crippen molar-refractivity contribution in [3.8, 4) is 0 Å². The van der Waals surface area contributed by atoms with E-state index in [1.54, 1.807) is 24.4 Å². The van der Waals surface area contributed by atoms with Gasteiger partial charge in [-0.1, -0.05) is 17.7 Å². The second-order valence-electron chi connectivity index (χ2n) is 8.08. The van der Waals surface area contributed by atoms with Gasteiger partial charge in [0.1, 0.15) is 17.2 Å². The molecule has 34 heavy (non-hydrogen) atoms. The molecule has 0 radical (unpaired) electrons. The van der Waals surface area contributed by atoms with Crippen LogP contribution in [0.4, 0.5) is 19.3 Å². The second kappa shape index (κ2) is 8.18. The molecule has 2 N–H and O–H groups in total. The molecule has 10 heteroatoms. The summed E-state index contributed by atoms with van der Waals surface area (Å²) in [6.07, 6.45) is 1.85. The highest BCUT2D eigenvalue weighted by molar-refractivity contribution is 6.31. The minimum atomic E-state index is -1.60. The largest absolute Gasteiger partial charge is 0.325 e. The summed E-state index contributed by atoms with van der Waals surface area (Å²) in [7, 11) is 0. The van der Waals surface area contributed by atoms with E-state index in [9.17, 15) is 18.8 Å². The summed E-state index contributed by atoms with van der Waals surface area (Å²) in [6.45, 7) is -0.0598. The number of benzene rings is 2. The maximum Gasteiger partial charge on any atom is 0.325 e. The first-order valence-corrected chi connectivity index (χ1v) is 10.8. The molecular weight excluding hydrogens is 466 g/mol. The van der Waals surface area contributed by atoms with Gasteiger partial charge in [0.2, 0.25) is 0 Å². The van der Waals surface area contributed by atoms with Crippen LogP contribution in [0.25, 0.3) is 0 Å². The summed E-state index contributed by atoms with van der Waals surface area (Å²) in [5.41, 5.74) is -0.361. The van der Waals surface area contributed by atoms with E-state index in [-0.39, 0.29) is 41.2 Å². The van der Waals surface area contributed by atoms with Crippen molar-refractivity contribution in [3.63, 3.8) is 0 Å². The molecule has 0 bridgehead atoms. The van der Waals surface area contributed by atoms with Crippen molar-refractivity contribution in [3.05, 3.63) is 93.8 Å². The molecule has 1 aliphatic carbocycles. The van der Waals surface area contributed by atoms with Crippen LogP contribution in [0.2, 0.25) is 5.02 Å². The number of fused-ring (bicyclic) bond motifs is 2. The Hall–Kier alpha value is -3.85. The SMILES string of the molecule is O=C(Nc1ccc(F)c(Cl)c1)c1ccc(F)c2c1CC[C@@]21NC(=O)N(Cc2ccccn2)C1=O. The van der Waals surface area contributed by atoms with Crippen molar-refractivity contribution < 1.29 is 23.2 Å². The molecule has 1 atom stereocenters. The Morgan fingerprint density at radius 1 is 1.15 bits per heavy atom. The fourth-order valence-corrected chi connectivity index (χ4v) is 4.71. The summed E-state index contributed by atoms with van der Waals surface area (Å²) in [4.78, 5) is 44.2. The highest BCUT2D eigenvalue weighted by atomic mass is 35.5. The van der Waals surface area contributed by atoms with Crippen LogP contribution in [0.15, 0.2) is 54.7 Å². The highest BCUT2D eigenvalue weighted by Crippen LogP contribution is 2.44. The first kappa shape index (κ1) is 22.0. The van der Waals surface area contributed by atoms with Crippen molar-refractivity contribution in [1.82, 2.24) is 15.2 Å². The zero-order chi connectivity index (χ0) is 24.0. The summed E-state index contributed by atoms with van der Waals surface area (Å²) >= 11 is 5.78. The fraction of sp³-hybridized carbons (Fsp3) is 0.167. The van der Waals surface area contributed by atoms with Crippen LogP contribution in [0.3, 0.4) is 0 Å². The van der Waals surface area contributed by atoms with E-state index in [0.29, 0.717) is 11.3 Å². The number of hydrogen-bond donors (Lipinski definition) is 2. The number of nitrogens with zero attached hydrogens (tertiary/aromatic N) is 2. The van der Waals surface area contributed by atoms with Crippen LogP contribution in [-0.2, 0) is 23.3 Å². The van der Waals surface area contributed by atoms with E-state index in [0.717, 1.165) is 17.0 Å². The molecule has 172 valence electrons. The number of pyridine rings is 1. The quantitative estimate of drug-likeness (QED) is 0.546. The van der Waals surface area contributed by atoms with Gasteiger partial charge in [-0.2, -0.15) is 0 Å². The zero-order valence-electron chi connectivity index (χ0n) is 17.6. The Morgan fingerprint density at radius 3 is 2.68 bits per heavy atom. The standard InChI is InChI=1S/C24H17ClF2N4O3/c25-17-11-13(4-6-18(17)26)29-21(32)16-5-7-19(27)20-15(16)8-9-24(20)22(33)31(23(34)30-24)12-14-3-1-2-10-28-14/h1-7,10-11H,8-9,12H2,(H,29,32)(H,30,34)/t24-/m1/s1. The molecule has 0 unspecified atom stereocenters. The van der Waals surface area contributed by atoms with Gasteiger partial charge in [0.15, 0.2) is 0 Å². The van der Waals surface area contributed by atoms with Crippen LogP contribution in [0, 0.1) is 11.6 Å². The van der Waals surface area contributed by atoms with Gasteiger partial charge in [0.05, 0.1) is 17.3 Å². The number of carbonyl (C=O) groups excluding carboxylic acids is 3. The maximum atomic E-state index is 15.1. The monoisotopic (exact) mass is 482 g/mol. The molecule has 5 rings (SSSR count). The Bertz CT molecular complexity index is 1350. The number of nitrogens with one attached hydrogen (secondary N) is 2. The summed E-state index contributed by atoms with van der Waals surface area (Å²) < 4.78 is 28.5. The first-order valence-electron chi connectivity index (χ1n) is 10.4. The van der Waals surface area contributed by atoms with E-state index in [1.165, 1.54) is 18.2 Å². The van der Waals surface area contributed by atoms with Crippen LogP contribution in [-0.4, -0.2) is 27.7 Å². The Morgan fingerprint density at radius 2 is 1.94 bits per heavy atom. The van der Waals surface area contributed by atoms with Gasteiger partial charge in [-0.05, 0) is 60.9 Å². The molecule has 7 nitrogen and oxygen atoms in total. The highest BCUT2D eigenvalue weighted by Gasteiger charge is 2.57. The maximum absolute atomic E-state index is 15.1. The van der Waals surface area contributed by atoms with Gasteiger partial charge in [-0.25, -0.2) is 13.6 Å². The average molecular weight is 483 g/mol. The average Bonchev–Trinajstić information content (AvgIpc) is 3.31. The molecule has 2 aliphatic rings. The Kier molecular flexibility index (Phi) is 5.28. The molecule has 1 fully saturated rings. The molecule has 1 spiro atoms. The van der Waals surface area contributed by atoms with Crippen LogP contribution in [0.1, 0.15) is 33.6 Å². The normalized spacial score (nSPS) is 18.9. The van der Waals surface area contributed by atoms with E-state index < -0.39 is 35.0 Å². The lowest BCUT2D eigenvalue weighted by Crippen LogP contribution is -2.42. The van der Waals surface area contributed by atoms with Gasteiger partial charge in [0.25, 0.3) is 11.8 Å². The lowest BCUT2D eigenvalue weighted by molar-refractivity contribution is -0.132. The van der Waals surface area contributed by atoms with Crippen LogP contribution >= 0.6 is 11.6 Å². The number of anilines is 1. The molecule has 3 aromatic rings. The summed E-state index contributed by atoms with van der Waals surface area (Å²) in [5, 5.41) is 5.11. The predicted octanol–water partition coefficient (Wildman–Crippen LogP) is 4.16. The number of hydrogen-bond acceptors (Lipinski definition) is 4. The second-order valence-corrected chi connectivity index (χ2v) is 8.49. The minimum Gasteiger partial charge on any atom is -0.322 e. The van der Waals surface area contributed by atoms with Gasteiger partial charge < -0.3 is 10.6 Å². The number of carbonyl (C=O) groups is 3. The third kappa shape index (κ3) is 3.49. The fourth-order valence-electron chi connectivity index (χ4n) is 4.53. The van der Waals surface area contributed by atoms with Crippen molar-refractivity contribution >= 4 is 35.1 Å². The van der Waals surface area contributed by atoms with E-state index >= 15 is 4.39 Å². The molecule has 1 aromatic heterocycles. The molecular formula is C24H17ClF2N4O3. The first-order chi connectivity index (χ1) is 16.3. The number of halogens is 3. The third-order valence-corrected chi connectivity index (χ3v) is 6.37. The molecule has 2 heterocycles. The number of amides is 4. The lowest BCUT2D eigenvalue weighted by atomic mass is 9.90. The number of urea groups is 1. The number of aromatic nitrogens is 1. The minimum absolute atomic E-state index is 0.0147. The van der Waals surface area contributed by atoms with E-state index in [4.69, 9.17) is 11.6 Å². The van der Waals surface area contributed by atoms with Crippen LogP contribution < -0.4 is 10.6 Å². The van der Waals surface area contributed by atoms with E-state index in [1.807, 2.05) is 0 Å². The van der Waals surface area contributed by atoms with Crippen molar-refractivity contribution in [2.45, 2.75) is 24.9 Å². The van der Waals surface area contributed by atoms with Crippen molar-refractivity contribution in [2.24, 2.45) is 0 Å². The summed E-state index contributed by atoms with van der Waals surface area (Å²) in [5.74, 6) is -2.49. The molecule has 4 amide bonds. The topological polar surface area (TPSA) is 91.4 Å². The molecule has 0 saturated carbocycles. The van der Waals surface area contributed by atoms with Crippen molar-refractivity contribution in [2.75, 3.05) is 5.32 Å². The van der Waals surface area contributed by atoms with Gasteiger partial charge in [-0.15, -0.1) is 0 Å². The lowest BCUT2D eigenvalue weighted by Gasteiger charge is -2.23. The van der Waals surface area contributed by atoms with Gasteiger partial charge >= 0.3 is 6.03 Å². The van der Waals surface area contributed by atoms with Gasteiger partial charge in [0, 0.05) is 23.0 Å². The van der Waals surface area contributed by atoms with Crippen LogP contribution in [0.5, 0.6) is 0 Å². The summed E-state index contributed by atoms with van der Waals surface area (Å²) in [6, 6.07) is 10.6. The third-order valence-electron chi connectivity index (χ3n) is 6.08. The zero-order valence-corrected chi connectivity index (χ0v) is 18.3. The number of rotatable bonds is 4. The van der Waals surface area contributed by atoms with Gasteiger partial charge in [-0.3, -0.25) is 19.5 Å². The molecule has 2 aromatic carbocycles. The Labute approximate surface area is 197 Å². The van der Waals surface area contributed by atoms with E-state index in [2.05, 4.69) is 15.6 Å². The molecule has 1 aliphatic heterocycles. The smallest absolute Gasteiger partial charge is 0.322 e. The predicted molar refractivity (Wildman–Crippen MR) is 119 cm³/mol. The molecule has 1 saturated heterocycles. The number of imide groups is 1. The van der Waals surface area contributed by atoms with Crippen molar-refractivity contribution in [1.29, 1.82) is 0 Å².